The lowest BCUT2D eigenvalue weighted by Crippen LogP contribution is -2.39. The average molecular weight is 421 g/mol. The number of aromatic nitrogens is 2. The Morgan fingerprint density at radius 3 is 2.52 bits per heavy atom. The Morgan fingerprint density at radius 2 is 1.87 bits per heavy atom. The number of aromatic amines is 1. The Labute approximate surface area is 181 Å². The van der Waals surface area contributed by atoms with E-state index in [1.807, 2.05) is 31.2 Å². The third-order valence-corrected chi connectivity index (χ3v) is 6.14. The van der Waals surface area contributed by atoms with Crippen LogP contribution in [0.1, 0.15) is 45.1 Å². The number of H-pyrrole nitrogens is 1. The minimum absolute atomic E-state index is 0.0308. The Kier molecular flexibility index (Phi) is 5.29. The van der Waals surface area contributed by atoms with E-state index in [-0.39, 0.29) is 11.2 Å². The molecule has 0 saturated carbocycles. The molecule has 0 spiro atoms. The standard InChI is InChI=1S/C24H27N3O4/c1-13-19(23(29)31-5)20(21-17(26-13)10-24(2,3)11-18(21)28)16-12-25-27-22(16)14-6-8-15(30-4)9-7-14/h6-9,12,19-20H,10-11H2,1-5H3,(H,25,27)/t19?,20-/m1/s1. The van der Waals surface area contributed by atoms with Gasteiger partial charge in [0.05, 0.1) is 26.1 Å². The molecule has 2 aliphatic rings. The van der Waals surface area contributed by atoms with Crippen molar-refractivity contribution in [3.63, 3.8) is 0 Å². The molecule has 1 unspecified atom stereocenters. The second-order valence-corrected chi connectivity index (χ2v) is 8.96. The van der Waals surface area contributed by atoms with Gasteiger partial charge in [-0.3, -0.25) is 19.7 Å². The van der Waals surface area contributed by atoms with Gasteiger partial charge in [-0.1, -0.05) is 13.8 Å². The van der Waals surface area contributed by atoms with Crippen molar-refractivity contribution in [1.29, 1.82) is 0 Å². The van der Waals surface area contributed by atoms with Crippen LogP contribution in [0.15, 0.2) is 46.7 Å². The molecular weight excluding hydrogens is 394 g/mol. The molecule has 0 saturated heterocycles. The molecule has 1 N–H and O–H groups in total. The molecule has 7 nitrogen and oxygen atoms in total. The van der Waals surface area contributed by atoms with Crippen LogP contribution in [0, 0.1) is 11.3 Å². The first-order valence-corrected chi connectivity index (χ1v) is 10.3. The van der Waals surface area contributed by atoms with Crippen LogP contribution in [-0.4, -0.2) is 41.9 Å². The van der Waals surface area contributed by atoms with Crippen LogP contribution < -0.4 is 4.74 Å². The highest BCUT2D eigenvalue weighted by atomic mass is 16.5. The number of nitrogens with zero attached hydrogens (tertiary/aromatic N) is 2. The number of hydrogen-bond acceptors (Lipinski definition) is 6. The normalized spacial score (nSPS) is 22.6. The first-order chi connectivity index (χ1) is 14.8. The van der Waals surface area contributed by atoms with Crippen molar-refractivity contribution >= 4 is 17.5 Å². The molecule has 0 radical (unpaired) electrons. The van der Waals surface area contributed by atoms with Gasteiger partial charge in [0.25, 0.3) is 0 Å². The average Bonchev–Trinajstić information content (AvgIpc) is 3.20. The molecule has 1 aliphatic heterocycles. The van der Waals surface area contributed by atoms with E-state index in [1.165, 1.54) is 7.11 Å². The van der Waals surface area contributed by atoms with E-state index in [4.69, 9.17) is 14.5 Å². The highest BCUT2D eigenvalue weighted by Gasteiger charge is 2.47. The van der Waals surface area contributed by atoms with Crippen LogP contribution in [0.25, 0.3) is 11.3 Å². The van der Waals surface area contributed by atoms with Gasteiger partial charge in [0, 0.05) is 40.4 Å². The maximum atomic E-state index is 13.3. The van der Waals surface area contributed by atoms with E-state index in [0.29, 0.717) is 24.1 Å². The molecule has 7 heteroatoms. The van der Waals surface area contributed by atoms with E-state index in [1.54, 1.807) is 13.3 Å². The molecule has 1 aliphatic carbocycles. The van der Waals surface area contributed by atoms with Crippen LogP contribution in [0.4, 0.5) is 0 Å². The molecule has 0 fully saturated rings. The van der Waals surface area contributed by atoms with E-state index in [9.17, 15) is 9.59 Å². The number of allylic oxidation sites excluding steroid dienone is 2. The predicted molar refractivity (Wildman–Crippen MR) is 117 cm³/mol. The number of hydrogen-bond donors (Lipinski definition) is 1. The minimum atomic E-state index is -0.677. The van der Waals surface area contributed by atoms with E-state index in [0.717, 1.165) is 28.3 Å². The zero-order valence-electron chi connectivity index (χ0n) is 18.5. The summed E-state index contributed by atoms with van der Waals surface area (Å²) in [5.41, 5.74) is 4.31. The summed E-state index contributed by atoms with van der Waals surface area (Å²) >= 11 is 0. The second kappa shape index (κ2) is 7.80. The van der Waals surface area contributed by atoms with E-state index < -0.39 is 17.8 Å². The van der Waals surface area contributed by atoms with Gasteiger partial charge in [-0.2, -0.15) is 5.10 Å². The third kappa shape index (κ3) is 3.69. The van der Waals surface area contributed by atoms with Crippen LogP contribution in [0.5, 0.6) is 5.75 Å². The van der Waals surface area contributed by atoms with Crippen LogP contribution >= 0.6 is 0 Å². The van der Waals surface area contributed by atoms with Crippen molar-refractivity contribution in [3.8, 4) is 17.0 Å². The number of aliphatic imine (C=N–C) groups is 1. The fourth-order valence-corrected chi connectivity index (χ4v) is 4.73. The van der Waals surface area contributed by atoms with Gasteiger partial charge < -0.3 is 9.47 Å². The number of benzene rings is 1. The number of nitrogens with one attached hydrogen (secondary N) is 1. The van der Waals surface area contributed by atoms with Gasteiger partial charge in [-0.25, -0.2) is 0 Å². The van der Waals surface area contributed by atoms with Crippen molar-refractivity contribution in [2.75, 3.05) is 14.2 Å². The van der Waals surface area contributed by atoms with Gasteiger partial charge in [0.1, 0.15) is 11.7 Å². The summed E-state index contributed by atoms with van der Waals surface area (Å²) in [5, 5.41) is 7.33. The SMILES string of the molecule is COC(=O)C1C(C)=NC2=C(C(=O)CC(C)(C)C2)[C@@H]1c1cn[nH]c1-c1ccc(OC)cc1. The Balaban J connectivity index is 1.89. The summed E-state index contributed by atoms with van der Waals surface area (Å²) in [5.74, 6) is -0.809. The Bertz CT molecular complexity index is 1090. The molecule has 162 valence electrons. The van der Waals surface area contributed by atoms with Crippen molar-refractivity contribution in [1.82, 2.24) is 10.2 Å². The number of methoxy groups -OCH3 is 2. The van der Waals surface area contributed by atoms with E-state index >= 15 is 0 Å². The number of esters is 1. The molecule has 4 rings (SSSR count). The fraction of sp³-hybridized carbons (Fsp3) is 0.417. The molecule has 1 aromatic carbocycles. The molecule has 2 heterocycles. The first kappa shape index (κ1) is 21.0. The minimum Gasteiger partial charge on any atom is -0.497 e. The van der Waals surface area contributed by atoms with E-state index in [2.05, 4.69) is 24.0 Å². The third-order valence-electron chi connectivity index (χ3n) is 6.14. The van der Waals surface area contributed by atoms with Gasteiger partial charge in [-0.15, -0.1) is 0 Å². The summed E-state index contributed by atoms with van der Waals surface area (Å²) in [4.78, 5) is 30.9. The van der Waals surface area contributed by atoms with Crippen molar-refractivity contribution < 1.29 is 19.1 Å². The van der Waals surface area contributed by atoms with Crippen LogP contribution in [-0.2, 0) is 14.3 Å². The maximum absolute atomic E-state index is 13.3. The Morgan fingerprint density at radius 1 is 1.16 bits per heavy atom. The summed E-state index contributed by atoms with van der Waals surface area (Å²) in [6, 6.07) is 7.58. The highest BCUT2D eigenvalue weighted by molar-refractivity contribution is 6.09. The zero-order valence-corrected chi connectivity index (χ0v) is 18.5. The molecule has 0 bridgehead atoms. The number of carbonyl (C=O) groups is 2. The van der Waals surface area contributed by atoms with Crippen LogP contribution in [0.2, 0.25) is 0 Å². The van der Waals surface area contributed by atoms with Crippen LogP contribution in [0.3, 0.4) is 0 Å². The molecule has 31 heavy (non-hydrogen) atoms. The van der Waals surface area contributed by atoms with Gasteiger partial charge in [-0.05, 0) is 43.0 Å². The van der Waals surface area contributed by atoms with Crippen molar-refractivity contribution in [2.45, 2.75) is 39.5 Å². The predicted octanol–water partition coefficient (Wildman–Crippen LogP) is 4.08. The highest BCUT2D eigenvalue weighted by Crippen LogP contribution is 2.49. The molecular formula is C24H27N3O4. The summed E-state index contributed by atoms with van der Waals surface area (Å²) in [7, 11) is 2.98. The molecule has 2 aromatic rings. The monoisotopic (exact) mass is 421 g/mol. The number of ketones is 1. The first-order valence-electron chi connectivity index (χ1n) is 10.3. The number of rotatable bonds is 4. The fourth-order valence-electron chi connectivity index (χ4n) is 4.73. The lowest BCUT2D eigenvalue weighted by Gasteiger charge is -2.38. The summed E-state index contributed by atoms with van der Waals surface area (Å²) < 4.78 is 10.4. The van der Waals surface area contributed by atoms with Gasteiger partial charge in [0.2, 0.25) is 0 Å². The second-order valence-electron chi connectivity index (χ2n) is 8.96. The summed E-state index contributed by atoms with van der Waals surface area (Å²) in [6.45, 7) is 5.97. The van der Waals surface area contributed by atoms with Gasteiger partial charge in [0.15, 0.2) is 5.78 Å². The van der Waals surface area contributed by atoms with Crippen molar-refractivity contribution in [3.05, 3.63) is 47.3 Å². The van der Waals surface area contributed by atoms with Gasteiger partial charge >= 0.3 is 5.97 Å². The number of ether oxygens (including phenoxy) is 2. The zero-order chi connectivity index (χ0) is 22.3. The molecule has 0 amide bonds. The quantitative estimate of drug-likeness (QED) is 0.751. The van der Waals surface area contributed by atoms with Crippen molar-refractivity contribution in [2.24, 2.45) is 16.3 Å². The maximum Gasteiger partial charge on any atom is 0.315 e. The number of carbonyl (C=O) groups excluding carboxylic acids is 2. The lowest BCUT2D eigenvalue weighted by atomic mass is 9.66. The largest absolute Gasteiger partial charge is 0.497 e. The lowest BCUT2D eigenvalue weighted by molar-refractivity contribution is -0.143. The Hall–Kier alpha value is -3.22. The topological polar surface area (TPSA) is 93.6 Å². The number of Topliss-reactive ketones (excluding diaryl/α,β-unsaturated/α-hetero) is 1. The molecule has 1 aromatic heterocycles. The summed E-state index contributed by atoms with van der Waals surface area (Å²) in [6.07, 6.45) is 2.81. The smallest absolute Gasteiger partial charge is 0.315 e. The molecule has 2 atom stereocenters.